The molecule has 2 aliphatic rings. The minimum Gasteiger partial charge on any atom is -0.426 e. The van der Waals surface area contributed by atoms with Crippen molar-refractivity contribution in [3.8, 4) is 5.75 Å². The lowest BCUT2D eigenvalue weighted by Gasteiger charge is -2.43. The van der Waals surface area contributed by atoms with Crippen LogP contribution < -0.4 is 14.6 Å². The summed E-state index contributed by atoms with van der Waals surface area (Å²) in [6, 6.07) is 11.8. The van der Waals surface area contributed by atoms with E-state index in [2.05, 4.69) is 9.84 Å². The molecule has 242 valence electrons. The molecule has 2 aliphatic heterocycles. The fourth-order valence-corrected chi connectivity index (χ4v) is 4.95. The van der Waals surface area contributed by atoms with Crippen molar-refractivity contribution in [1.29, 1.82) is 0 Å². The molecule has 6 atom stereocenters. The Hall–Kier alpha value is -3.53. The topological polar surface area (TPSA) is 91.3 Å². The van der Waals surface area contributed by atoms with Crippen LogP contribution in [0.2, 0.25) is 0 Å². The third kappa shape index (κ3) is 7.22. The van der Waals surface area contributed by atoms with Gasteiger partial charge in [0.1, 0.15) is 24.1 Å². The molecule has 10 nitrogen and oxygen atoms in total. The van der Waals surface area contributed by atoms with E-state index in [1.807, 2.05) is 19.1 Å². The summed E-state index contributed by atoms with van der Waals surface area (Å²) in [5.74, 6) is -0.791. The number of carbonyl (C=O) groups excluding carboxylic acids is 1. The summed E-state index contributed by atoms with van der Waals surface area (Å²) in [4.78, 5) is 14.4. The standard InChI is InChI=1S/C29H34F5N3O7/c1-6-41-24-23(39-4)17(2)42-26(25(24)40-5)43-27(38)36(3)20-9-7-18(8-10-20)19-15-35-37(16-19)21-11-13-22(14-12-21)44-29(33,34)28(30,31)32/h7-15,17,19,23-26H,6,16H2,1-5H3/t17-,19?,23-,24+,25+,26-/m0/s1. The summed E-state index contributed by atoms with van der Waals surface area (Å²) in [7, 11) is 4.58. The molecular formula is C29H34F5N3O7. The minimum atomic E-state index is -5.83. The highest BCUT2D eigenvalue weighted by atomic mass is 19.4. The van der Waals surface area contributed by atoms with Gasteiger partial charge in [0.25, 0.3) is 0 Å². The van der Waals surface area contributed by atoms with Crippen LogP contribution >= 0.6 is 0 Å². The van der Waals surface area contributed by atoms with E-state index in [4.69, 9.17) is 23.7 Å². The first-order chi connectivity index (χ1) is 20.8. The highest BCUT2D eigenvalue weighted by Gasteiger charge is 2.61. The van der Waals surface area contributed by atoms with Gasteiger partial charge < -0.3 is 28.4 Å². The fraction of sp³-hybridized carbons (Fsp3) is 0.517. The maximum absolute atomic E-state index is 13.2. The number of hydrazone groups is 1. The van der Waals surface area contributed by atoms with Crippen molar-refractivity contribution in [2.24, 2.45) is 5.10 Å². The zero-order chi connectivity index (χ0) is 32.2. The lowest BCUT2D eigenvalue weighted by atomic mass is 9.99. The van der Waals surface area contributed by atoms with Gasteiger partial charge >= 0.3 is 18.4 Å². The first-order valence-corrected chi connectivity index (χ1v) is 13.7. The molecule has 1 unspecified atom stereocenters. The summed E-state index contributed by atoms with van der Waals surface area (Å²) in [6.07, 6.45) is -13.2. The average molecular weight is 632 g/mol. The molecule has 2 heterocycles. The molecule has 0 aromatic heterocycles. The monoisotopic (exact) mass is 631 g/mol. The molecule has 0 radical (unpaired) electrons. The van der Waals surface area contributed by atoms with Gasteiger partial charge in [0.05, 0.1) is 18.3 Å². The number of hydrogen-bond donors (Lipinski definition) is 0. The van der Waals surface area contributed by atoms with Gasteiger partial charge in [-0.05, 0) is 55.8 Å². The SMILES string of the molecule is CCO[C@@H]1[C@@H](OC)[C@H](C)O[C@@H](OC(=O)N(C)c2ccc(C3C=NN(c4ccc(OC(F)(F)C(F)(F)F)cc4)C3)cc2)[C@@H]1OC. The molecule has 1 amide bonds. The summed E-state index contributed by atoms with van der Waals surface area (Å²) >= 11 is 0. The molecule has 0 bridgehead atoms. The highest BCUT2D eigenvalue weighted by Crippen LogP contribution is 2.38. The van der Waals surface area contributed by atoms with E-state index >= 15 is 0 Å². The van der Waals surface area contributed by atoms with Crippen molar-refractivity contribution in [3.63, 3.8) is 0 Å². The molecule has 1 saturated heterocycles. The second-order valence-corrected chi connectivity index (χ2v) is 10.1. The maximum Gasteiger partial charge on any atom is 0.499 e. The minimum absolute atomic E-state index is 0.157. The number of anilines is 2. The van der Waals surface area contributed by atoms with E-state index < -0.39 is 54.8 Å². The molecule has 2 aromatic rings. The predicted molar refractivity (Wildman–Crippen MR) is 149 cm³/mol. The number of alkyl halides is 5. The van der Waals surface area contributed by atoms with E-state index in [-0.39, 0.29) is 5.92 Å². The Morgan fingerprint density at radius 1 is 1.00 bits per heavy atom. The number of rotatable bonds is 10. The predicted octanol–water partition coefficient (Wildman–Crippen LogP) is 5.56. The van der Waals surface area contributed by atoms with Crippen LogP contribution in [0.1, 0.15) is 25.3 Å². The summed E-state index contributed by atoms with van der Waals surface area (Å²) in [5.41, 5.74) is 1.90. The quantitative estimate of drug-likeness (QED) is 0.315. The average Bonchev–Trinajstić information content (AvgIpc) is 3.47. The van der Waals surface area contributed by atoms with Crippen molar-refractivity contribution < 1.29 is 55.2 Å². The van der Waals surface area contributed by atoms with E-state index in [0.717, 1.165) is 17.7 Å². The van der Waals surface area contributed by atoms with E-state index in [1.54, 1.807) is 44.4 Å². The van der Waals surface area contributed by atoms with Crippen molar-refractivity contribution in [2.45, 2.75) is 62.8 Å². The van der Waals surface area contributed by atoms with Gasteiger partial charge in [-0.15, -0.1) is 0 Å². The third-order valence-electron chi connectivity index (χ3n) is 7.30. The third-order valence-corrected chi connectivity index (χ3v) is 7.30. The molecule has 0 spiro atoms. The summed E-state index contributed by atoms with van der Waals surface area (Å²) in [5, 5.41) is 5.90. The van der Waals surface area contributed by atoms with Gasteiger partial charge in [-0.2, -0.15) is 27.1 Å². The zero-order valence-corrected chi connectivity index (χ0v) is 24.7. The maximum atomic E-state index is 13.2. The van der Waals surface area contributed by atoms with Gasteiger partial charge in [0.2, 0.25) is 6.29 Å². The molecule has 44 heavy (non-hydrogen) atoms. The van der Waals surface area contributed by atoms with Crippen LogP contribution in [0.25, 0.3) is 0 Å². The van der Waals surface area contributed by atoms with E-state index in [9.17, 15) is 26.7 Å². The molecule has 0 aliphatic carbocycles. The van der Waals surface area contributed by atoms with E-state index in [1.165, 1.54) is 24.1 Å². The van der Waals surface area contributed by atoms with Crippen LogP contribution in [-0.2, 0) is 23.7 Å². The number of amides is 1. The Kier molecular flexibility index (Phi) is 10.3. The summed E-state index contributed by atoms with van der Waals surface area (Å²) < 4.78 is 95.9. The number of nitrogens with zero attached hydrogens (tertiary/aromatic N) is 3. The van der Waals surface area contributed by atoms with Crippen molar-refractivity contribution in [2.75, 3.05) is 44.3 Å². The smallest absolute Gasteiger partial charge is 0.426 e. The number of benzene rings is 2. The van der Waals surface area contributed by atoms with Crippen molar-refractivity contribution in [1.82, 2.24) is 0 Å². The van der Waals surface area contributed by atoms with Crippen LogP contribution in [0.3, 0.4) is 0 Å². The number of hydrogen-bond acceptors (Lipinski definition) is 9. The van der Waals surface area contributed by atoms with Gasteiger partial charge in [-0.1, -0.05) is 12.1 Å². The van der Waals surface area contributed by atoms with Gasteiger partial charge in [0.15, 0.2) is 0 Å². The van der Waals surface area contributed by atoms with Gasteiger partial charge in [0, 0.05) is 45.7 Å². The Morgan fingerprint density at radius 3 is 2.20 bits per heavy atom. The second-order valence-electron chi connectivity index (χ2n) is 10.1. The van der Waals surface area contributed by atoms with Crippen LogP contribution in [0.4, 0.5) is 38.1 Å². The van der Waals surface area contributed by atoms with Crippen LogP contribution in [-0.4, -0.2) is 89.7 Å². The normalized spacial score (nSPS) is 25.6. The summed E-state index contributed by atoms with van der Waals surface area (Å²) in [6.45, 7) is 4.43. The Balaban J connectivity index is 1.35. The largest absolute Gasteiger partial charge is 0.499 e. The zero-order valence-electron chi connectivity index (χ0n) is 24.7. The molecule has 0 saturated carbocycles. The van der Waals surface area contributed by atoms with E-state index in [0.29, 0.717) is 24.5 Å². The van der Waals surface area contributed by atoms with Gasteiger partial charge in [-0.3, -0.25) is 9.91 Å². The first kappa shape index (κ1) is 33.4. The Morgan fingerprint density at radius 2 is 1.64 bits per heavy atom. The Labute approximate surface area is 251 Å². The first-order valence-electron chi connectivity index (χ1n) is 13.7. The molecule has 2 aromatic carbocycles. The highest BCUT2D eigenvalue weighted by molar-refractivity contribution is 5.87. The lowest BCUT2D eigenvalue weighted by molar-refractivity contribution is -0.360. The van der Waals surface area contributed by atoms with Crippen molar-refractivity contribution >= 4 is 23.7 Å². The van der Waals surface area contributed by atoms with Crippen LogP contribution in [0.5, 0.6) is 5.75 Å². The molecule has 1 fully saturated rings. The van der Waals surface area contributed by atoms with Crippen molar-refractivity contribution in [3.05, 3.63) is 54.1 Å². The molecule has 4 rings (SSSR count). The molecular weight excluding hydrogens is 597 g/mol. The molecule has 15 heteroatoms. The second kappa shape index (κ2) is 13.6. The Bertz CT molecular complexity index is 1280. The number of methoxy groups -OCH3 is 2. The van der Waals surface area contributed by atoms with Gasteiger partial charge in [-0.25, -0.2) is 4.79 Å². The van der Waals surface area contributed by atoms with Crippen LogP contribution in [0, 0.1) is 0 Å². The number of carbonyl (C=O) groups is 1. The van der Waals surface area contributed by atoms with Crippen LogP contribution in [0.15, 0.2) is 53.6 Å². The number of halogens is 5. The number of ether oxygens (including phenoxy) is 6. The molecule has 0 N–H and O–H groups in total. The fourth-order valence-electron chi connectivity index (χ4n) is 4.95. The lowest BCUT2D eigenvalue weighted by Crippen LogP contribution is -2.60.